The molecule has 23 heavy (non-hydrogen) atoms. The third-order valence-corrected chi connectivity index (χ3v) is 3.91. The number of aliphatic hydroxyl groups excluding tert-OH is 1. The summed E-state index contributed by atoms with van der Waals surface area (Å²) in [5.74, 6) is -0.461. The number of carbonyl (C=O) groups is 1. The average molecular weight is 325 g/mol. The first kappa shape index (κ1) is 15.5. The molecule has 3 rings (SSSR count). The second kappa shape index (κ2) is 5.69. The number of nitrogens with zero attached hydrogens (tertiary/aromatic N) is 2. The van der Waals surface area contributed by atoms with E-state index in [-0.39, 0.29) is 24.1 Å². The van der Waals surface area contributed by atoms with E-state index in [0.29, 0.717) is 0 Å². The lowest BCUT2D eigenvalue weighted by Crippen LogP contribution is -2.32. The van der Waals surface area contributed by atoms with Gasteiger partial charge in [-0.3, -0.25) is 9.89 Å². The first-order valence-electron chi connectivity index (χ1n) is 7.02. The number of β-amino-alcohol motifs (C(OH)–C–C–N with tert-alkyl or cyclic N) is 1. The van der Waals surface area contributed by atoms with Crippen LogP contribution in [0.2, 0.25) is 0 Å². The fraction of sp³-hybridized carbons (Fsp3) is 0.333. The van der Waals surface area contributed by atoms with Crippen molar-refractivity contribution in [3.63, 3.8) is 0 Å². The second-order valence-corrected chi connectivity index (χ2v) is 5.43. The highest BCUT2D eigenvalue weighted by Gasteiger charge is 2.41. The molecule has 1 amide bonds. The molecule has 0 saturated carbocycles. The molecule has 1 aliphatic rings. The third kappa shape index (κ3) is 2.94. The summed E-state index contributed by atoms with van der Waals surface area (Å²) >= 11 is 0. The number of H-pyrrole nitrogens is 1. The van der Waals surface area contributed by atoms with E-state index < -0.39 is 29.8 Å². The van der Waals surface area contributed by atoms with Gasteiger partial charge in [-0.15, -0.1) is 0 Å². The Kier molecular flexibility index (Phi) is 3.85. The van der Waals surface area contributed by atoms with Gasteiger partial charge in [-0.2, -0.15) is 18.3 Å². The SMILES string of the molecule is O=C(c1cn[nH]c1)N1C[C@@H](O)C[C@@H]1c1ccccc1C(F)(F)F. The zero-order valence-corrected chi connectivity index (χ0v) is 11.9. The Hall–Kier alpha value is -2.35. The molecular formula is C15H14F3N3O2. The molecule has 0 unspecified atom stereocenters. The van der Waals surface area contributed by atoms with E-state index in [1.54, 1.807) is 0 Å². The molecule has 8 heteroatoms. The summed E-state index contributed by atoms with van der Waals surface area (Å²) in [6.45, 7) is -0.0130. The maximum Gasteiger partial charge on any atom is 0.416 e. The van der Waals surface area contributed by atoms with Gasteiger partial charge in [0.1, 0.15) is 0 Å². The highest BCUT2D eigenvalue weighted by molar-refractivity contribution is 5.94. The molecule has 0 radical (unpaired) electrons. The van der Waals surface area contributed by atoms with E-state index in [1.165, 1.54) is 35.5 Å². The van der Waals surface area contributed by atoms with Gasteiger partial charge >= 0.3 is 6.18 Å². The molecular weight excluding hydrogens is 311 g/mol. The first-order chi connectivity index (χ1) is 10.9. The van der Waals surface area contributed by atoms with Crippen LogP contribution >= 0.6 is 0 Å². The number of amides is 1. The number of hydrogen-bond acceptors (Lipinski definition) is 3. The number of alkyl halides is 3. The molecule has 1 aromatic carbocycles. The summed E-state index contributed by atoms with van der Waals surface area (Å²) in [5.41, 5.74) is -0.550. The van der Waals surface area contributed by atoms with Crippen LogP contribution < -0.4 is 0 Å². The molecule has 2 atom stereocenters. The Morgan fingerprint density at radius 1 is 1.35 bits per heavy atom. The van der Waals surface area contributed by atoms with Crippen molar-refractivity contribution < 1.29 is 23.1 Å². The van der Waals surface area contributed by atoms with Crippen LogP contribution in [0.1, 0.15) is 33.9 Å². The van der Waals surface area contributed by atoms with Gasteiger partial charge in [-0.05, 0) is 18.1 Å². The largest absolute Gasteiger partial charge is 0.416 e. The molecule has 5 nitrogen and oxygen atoms in total. The second-order valence-electron chi connectivity index (χ2n) is 5.43. The molecule has 0 bridgehead atoms. The van der Waals surface area contributed by atoms with Gasteiger partial charge in [0.05, 0.1) is 29.5 Å². The number of aliphatic hydroxyl groups is 1. The summed E-state index contributed by atoms with van der Waals surface area (Å²) in [6, 6.07) is 4.31. The average Bonchev–Trinajstić information content (AvgIpc) is 3.15. The minimum Gasteiger partial charge on any atom is -0.391 e. The van der Waals surface area contributed by atoms with E-state index in [9.17, 15) is 23.1 Å². The Bertz CT molecular complexity index is 700. The molecule has 1 aromatic heterocycles. The Balaban J connectivity index is 2.00. The minimum atomic E-state index is -4.52. The Morgan fingerprint density at radius 3 is 2.74 bits per heavy atom. The predicted octanol–water partition coefficient (Wildman–Crippen LogP) is 2.38. The van der Waals surface area contributed by atoms with E-state index in [2.05, 4.69) is 10.2 Å². The van der Waals surface area contributed by atoms with Crippen molar-refractivity contribution in [1.29, 1.82) is 0 Å². The van der Waals surface area contributed by atoms with Crippen molar-refractivity contribution in [2.24, 2.45) is 0 Å². The minimum absolute atomic E-state index is 0.00612. The van der Waals surface area contributed by atoms with Crippen LogP contribution in [0.4, 0.5) is 13.2 Å². The van der Waals surface area contributed by atoms with Gasteiger partial charge in [-0.1, -0.05) is 18.2 Å². The number of hydrogen-bond donors (Lipinski definition) is 2. The van der Waals surface area contributed by atoms with Crippen molar-refractivity contribution in [2.45, 2.75) is 24.7 Å². The quantitative estimate of drug-likeness (QED) is 0.891. The van der Waals surface area contributed by atoms with Crippen molar-refractivity contribution >= 4 is 5.91 Å². The molecule has 0 aliphatic carbocycles. The van der Waals surface area contributed by atoms with Gasteiger partial charge in [0, 0.05) is 12.7 Å². The lowest BCUT2D eigenvalue weighted by atomic mass is 9.97. The highest BCUT2D eigenvalue weighted by atomic mass is 19.4. The van der Waals surface area contributed by atoms with Crippen LogP contribution in [-0.4, -0.2) is 38.8 Å². The molecule has 1 fully saturated rings. The van der Waals surface area contributed by atoms with Crippen LogP contribution in [0, 0.1) is 0 Å². The first-order valence-corrected chi connectivity index (χ1v) is 7.02. The summed E-state index contributed by atoms with van der Waals surface area (Å²) < 4.78 is 39.7. The summed E-state index contributed by atoms with van der Waals surface area (Å²) in [4.78, 5) is 13.7. The Labute approximate surface area is 129 Å². The van der Waals surface area contributed by atoms with Crippen LogP contribution in [-0.2, 0) is 6.18 Å². The third-order valence-electron chi connectivity index (χ3n) is 3.91. The van der Waals surface area contributed by atoms with Gasteiger partial charge in [0.15, 0.2) is 0 Å². The fourth-order valence-electron chi connectivity index (χ4n) is 2.91. The molecule has 2 heterocycles. The zero-order valence-electron chi connectivity index (χ0n) is 11.9. The van der Waals surface area contributed by atoms with Crippen molar-refractivity contribution in [2.75, 3.05) is 6.54 Å². The topological polar surface area (TPSA) is 69.2 Å². The van der Waals surface area contributed by atoms with Gasteiger partial charge in [-0.25, -0.2) is 0 Å². The van der Waals surface area contributed by atoms with E-state index in [0.717, 1.165) is 6.07 Å². The molecule has 2 N–H and O–H groups in total. The fourth-order valence-corrected chi connectivity index (χ4v) is 2.91. The molecule has 0 spiro atoms. The lowest BCUT2D eigenvalue weighted by molar-refractivity contribution is -0.138. The van der Waals surface area contributed by atoms with Crippen LogP contribution in [0.3, 0.4) is 0 Å². The number of halogens is 3. The van der Waals surface area contributed by atoms with Crippen molar-refractivity contribution in [3.8, 4) is 0 Å². The lowest BCUT2D eigenvalue weighted by Gasteiger charge is -2.26. The molecule has 122 valence electrons. The number of aromatic amines is 1. The maximum atomic E-state index is 13.2. The number of nitrogens with one attached hydrogen (secondary N) is 1. The standard InChI is InChI=1S/C15H14F3N3O2/c16-15(17,18)12-4-2-1-3-11(12)13-5-10(22)8-21(13)14(23)9-6-19-20-7-9/h1-4,6-7,10,13,22H,5,8H2,(H,19,20)/t10-,13+/m0/s1. The Morgan fingerprint density at radius 2 is 2.09 bits per heavy atom. The van der Waals surface area contributed by atoms with E-state index in [4.69, 9.17) is 0 Å². The van der Waals surface area contributed by atoms with E-state index >= 15 is 0 Å². The monoisotopic (exact) mass is 325 g/mol. The highest BCUT2D eigenvalue weighted by Crippen LogP contribution is 2.40. The van der Waals surface area contributed by atoms with Gasteiger partial charge in [0.25, 0.3) is 5.91 Å². The van der Waals surface area contributed by atoms with E-state index in [1.807, 2.05) is 0 Å². The van der Waals surface area contributed by atoms with Crippen LogP contribution in [0.25, 0.3) is 0 Å². The molecule has 2 aromatic rings. The summed E-state index contributed by atoms with van der Waals surface area (Å²) in [7, 11) is 0. The summed E-state index contributed by atoms with van der Waals surface area (Å²) in [5, 5.41) is 16.0. The van der Waals surface area contributed by atoms with Crippen molar-refractivity contribution in [3.05, 3.63) is 53.3 Å². The smallest absolute Gasteiger partial charge is 0.391 e. The van der Waals surface area contributed by atoms with Crippen LogP contribution in [0.5, 0.6) is 0 Å². The summed E-state index contributed by atoms with van der Waals surface area (Å²) in [6.07, 6.45) is -2.64. The van der Waals surface area contributed by atoms with Gasteiger partial charge in [0.2, 0.25) is 0 Å². The molecule has 1 aliphatic heterocycles. The molecule has 1 saturated heterocycles. The number of benzene rings is 1. The number of aromatic nitrogens is 2. The van der Waals surface area contributed by atoms with Crippen molar-refractivity contribution in [1.82, 2.24) is 15.1 Å². The number of carbonyl (C=O) groups excluding carboxylic acids is 1. The van der Waals surface area contributed by atoms with Crippen LogP contribution in [0.15, 0.2) is 36.7 Å². The maximum absolute atomic E-state index is 13.2. The predicted molar refractivity (Wildman–Crippen MR) is 74.4 cm³/mol. The normalized spacial score (nSPS) is 21.7. The number of rotatable bonds is 2. The number of likely N-dealkylation sites (tertiary alicyclic amines) is 1. The zero-order chi connectivity index (χ0) is 16.6. The van der Waals surface area contributed by atoms with Gasteiger partial charge < -0.3 is 10.0 Å².